The van der Waals surface area contributed by atoms with Crippen LogP contribution in [0.1, 0.15) is 6.92 Å². The van der Waals surface area contributed by atoms with Crippen LogP contribution in [0.15, 0.2) is 11.1 Å². The number of carbonyl (C=O) groups excluding carboxylic acids is 1. The molecule has 7 nitrogen and oxygen atoms in total. The molecule has 19 heavy (non-hydrogen) atoms. The van der Waals surface area contributed by atoms with Crippen molar-refractivity contribution >= 4 is 17.0 Å². The first-order chi connectivity index (χ1) is 8.99. The average Bonchev–Trinajstić information content (AvgIpc) is 2.38. The molecular weight excluding hydrogens is 272 g/mol. The topological polar surface area (TPSA) is 88.1 Å². The molecule has 1 heterocycles. The molecule has 0 aliphatic carbocycles. The molecule has 8 heteroatoms. The van der Waals surface area contributed by atoms with Gasteiger partial charge in [-0.05, 0) is 6.92 Å². The van der Waals surface area contributed by atoms with Gasteiger partial charge in [-0.1, -0.05) is 0 Å². The molecule has 0 bridgehead atoms. The summed E-state index contributed by atoms with van der Waals surface area (Å²) in [5, 5.41) is 3.16. The van der Waals surface area contributed by atoms with Gasteiger partial charge >= 0.3 is 5.97 Å². The van der Waals surface area contributed by atoms with Crippen molar-refractivity contribution in [1.29, 1.82) is 0 Å². The van der Waals surface area contributed by atoms with Crippen molar-refractivity contribution in [2.24, 2.45) is 0 Å². The van der Waals surface area contributed by atoms with Crippen LogP contribution in [0.2, 0.25) is 0 Å². The molecule has 1 unspecified atom stereocenters. The number of hydrogen-bond donors (Lipinski definition) is 2. The molecule has 2 N–H and O–H groups in total. The molecule has 0 aromatic heterocycles. The van der Waals surface area contributed by atoms with E-state index in [1.807, 2.05) is 0 Å². The molecule has 1 aliphatic rings. The summed E-state index contributed by atoms with van der Waals surface area (Å²) in [6.07, 6.45) is 1.26. The van der Waals surface area contributed by atoms with Crippen molar-refractivity contribution in [2.75, 3.05) is 47.0 Å². The van der Waals surface area contributed by atoms with Gasteiger partial charge in [-0.15, -0.1) is 0 Å². The molecule has 0 saturated carbocycles. The van der Waals surface area contributed by atoms with Crippen LogP contribution in [0.5, 0.6) is 0 Å². The van der Waals surface area contributed by atoms with Gasteiger partial charge in [0.1, 0.15) is 0 Å². The van der Waals surface area contributed by atoms with E-state index in [9.17, 15) is 9.00 Å². The summed E-state index contributed by atoms with van der Waals surface area (Å²) < 4.78 is 29.0. The lowest BCUT2D eigenvalue weighted by Crippen LogP contribution is -2.30. The van der Waals surface area contributed by atoms with E-state index in [1.54, 1.807) is 21.0 Å². The number of nitrogens with zero attached hydrogens (tertiary/aromatic N) is 1. The lowest BCUT2D eigenvalue weighted by Gasteiger charge is -2.10. The van der Waals surface area contributed by atoms with Crippen molar-refractivity contribution < 1.29 is 23.0 Å². The van der Waals surface area contributed by atoms with Crippen LogP contribution in [0.25, 0.3) is 0 Å². The fourth-order valence-corrected chi connectivity index (χ4v) is 1.62. The molecule has 1 saturated heterocycles. The average molecular weight is 294 g/mol. The standard InChI is InChI=1S/C7H13NO4S.C4H9NO/c1-4-12-7(9)6(13(10)11)5-8(2)3;1-3-6-4-2-5-1/h5H,4H2,1-3H3,(H,10,11);5H,1-4H2/b6-5+;. The van der Waals surface area contributed by atoms with Crippen molar-refractivity contribution in [3.05, 3.63) is 11.1 Å². The third kappa shape index (κ3) is 9.60. The zero-order valence-corrected chi connectivity index (χ0v) is 12.4. The quantitative estimate of drug-likeness (QED) is 0.421. The van der Waals surface area contributed by atoms with E-state index in [0.29, 0.717) is 0 Å². The molecule has 1 fully saturated rings. The van der Waals surface area contributed by atoms with E-state index in [2.05, 4.69) is 10.1 Å². The number of esters is 1. The SMILES string of the molecule is C1COCCN1.CCOC(=O)/C(=C\N(C)C)S(=O)O. The van der Waals surface area contributed by atoms with Crippen molar-refractivity contribution in [2.45, 2.75) is 6.92 Å². The van der Waals surface area contributed by atoms with Gasteiger partial charge in [-0.3, -0.25) is 0 Å². The predicted octanol–water partition coefficient (Wildman–Crippen LogP) is -0.220. The third-order valence-electron chi connectivity index (χ3n) is 1.89. The van der Waals surface area contributed by atoms with E-state index < -0.39 is 17.0 Å². The van der Waals surface area contributed by atoms with E-state index in [4.69, 9.17) is 9.29 Å². The van der Waals surface area contributed by atoms with Gasteiger partial charge in [0, 0.05) is 33.4 Å². The van der Waals surface area contributed by atoms with Gasteiger partial charge in [0.2, 0.25) is 0 Å². The summed E-state index contributed by atoms with van der Waals surface area (Å²) in [4.78, 5) is 12.3. The normalized spacial score (nSPS) is 16.9. The Morgan fingerprint density at radius 1 is 1.47 bits per heavy atom. The van der Waals surface area contributed by atoms with Crippen LogP contribution in [-0.4, -0.2) is 66.6 Å². The molecule has 0 radical (unpaired) electrons. The first kappa shape index (κ1) is 18.0. The summed E-state index contributed by atoms with van der Waals surface area (Å²) in [5.74, 6) is -0.767. The largest absolute Gasteiger partial charge is 0.462 e. The first-order valence-electron chi connectivity index (χ1n) is 5.93. The lowest BCUT2D eigenvalue weighted by molar-refractivity contribution is -0.137. The minimum atomic E-state index is -2.31. The molecule has 1 atom stereocenters. The Morgan fingerprint density at radius 3 is 2.32 bits per heavy atom. The number of ether oxygens (including phenoxy) is 2. The highest BCUT2D eigenvalue weighted by molar-refractivity contribution is 7.84. The Labute approximate surface area is 116 Å². The maximum atomic E-state index is 11.0. The maximum absolute atomic E-state index is 11.0. The second-order valence-electron chi connectivity index (χ2n) is 3.79. The zero-order chi connectivity index (χ0) is 14.7. The van der Waals surface area contributed by atoms with Crippen molar-refractivity contribution in [3.8, 4) is 0 Å². The van der Waals surface area contributed by atoms with Crippen LogP contribution in [0.3, 0.4) is 0 Å². The Hall–Kier alpha value is -0.960. The highest BCUT2D eigenvalue weighted by Crippen LogP contribution is 2.03. The number of nitrogens with one attached hydrogen (secondary N) is 1. The summed E-state index contributed by atoms with van der Waals surface area (Å²) >= 11 is -2.31. The van der Waals surface area contributed by atoms with Crippen LogP contribution in [0.4, 0.5) is 0 Å². The Bertz CT molecular complexity index is 305. The summed E-state index contributed by atoms with van der Waals surface area (Å²) in [6, 6.07) is 0. The molecule has 1 aliphatic heterocycles. The fraction of sp³-hybridized carbons (Fsp3) is 0.727. The van der Waals surface area contributed by atoms with Crippen LogP contribution >= 0.6 is 0 Å². The number of morpholine rings is 1. The first-order valence-corrected chi connectivity index (χ1v) is 7.04. The second-order valence-corrected chi connectivity index (χ2v) is 4.73. The van der Waals surface area contributed by atoms with Crippen molar-refractivity contribution in [1.82, 2.24) is 10.2 Å². The van der Waals surface area contributed by atoms with E-state index in [-0.39, 0.29) is 11.5 Å². The molecule has 0 aromatic carbocycles. The summed E-state index contributed by atoms with van der Waals surface area (Å²) in [7, 11) is 3.29. The van der Waals surface area contributed by atoms with Gasteiger partial charge < -0.3 is 24.2 Å². The molecule has 0 amide bonds. The Kier molecular flexibility index (Phi) is 10.4. The summed E-state index contributed by atoms with van der Waals surface area (Å²) in [6.45, 7) is 5.65. The fourth-order valence-electron chi connectivity index (χ4n) is 1.12. The zero-order valence-electron chi connectivity index (χ0n) is 11.5. The molecular formula is C11H22N2O5S. The van der Waals surface area contributed by atoms with Gasteiger partial charge in [-0.25, -0.2) is 9.00 Å². The molecule has 112 valence electrons. The highest BCUT2D eigenvalue weighted by Gasteiger charge is 2.16. The van der Waals surface area contributed by atoms with Crippen LogP contribution in [0, 0.1) is 0 Å². The van der Waals surface area contributed by atoms with E-state index in [1.165, 1.54) is 11.1 Å². The minimum absolute atomic E-state index is 0.181. The maximum Gasteiger partial charge on any atom is 0.351 e. The Morgan fingerprint density at radius 2 is 2.05 bits per heavy atom. The highest BCUT2D eigenvalue weighted by atomic mass is 32.2. The van der Waals surface area contributed by atoms with Crippen LogP contribution in [-0.2, 0) is 25.3 Å². The van der Waals surface area contributed by atoms with Gasteiger partial charge in [-0.2, -0.15) is 0 Å². The smallest absolute Gasteiger partial charge is 0.351 e. The third-order valence-corrected chi connectivity index (χ3v) is 2.53. The molecule has 1 rings (SSSR count). The monoisotopic (exact) mass is 294 g/mol. The van der Waals surface area contributed by atoms with E-state index >= 15 is 0 Å². The second kappa shape index (κ2) is 10.9. The summed E-state index contributed by atoms with van der Waals surface area (Å²) in [5.41, 5.74) is 0. The van der Waals surface area contributed by atoms with Gasteiger partial charge in [0.05, 0.1) is 19.8 Å². The molecule has 0 aromatic rings. The Balaban J connectivity index is 0.000000443. The van der Waals surface area contributed by atoms with E-state index in [0.717, 1.165) is 26.3 Å². The number of rotatable bonds is 4. The van der Waals surface area contributed by atoms with Crippen LogP contribution < -0.4 is 5.32 Å². The predicted molar refractivity (Wildman–Crippen MR) is 72.9 cm³/mol. The van der Waals surface area contributed by atoms with Gasteiger partial charge in [0.15, 0.2) is 16.0 Å². The van der Waals surface area contributed by atoms with Gasteiger partial charge in [0.25, 0.3) is 0 Å². The lowest BCUT2D eigenvalue weighted by atomic mass is 10.5. The molecule has 0 spiro atoms. The number of hydrogen-bond acceptors (Lipinski definition) is 6. The minimum Gasteiger partial charge on any atom is -0.462 e. The number of carbonyl (C=O) groups is 1. The van der Waals surface area contributed by atoms with Crippen molar-refractivity contribution in [3.63, 3.8) is 0 Å².